The van der Waals surface area contributed by atoms with Gasteiger partial charge in [-0.05, 0) is 19.1 Å². The van der Waals surface area contributed by atoms with E-state index >= 15 is 0 Å². The fourth-order valence-corrected chi connectivity index (χ4v) is 3.44. The Balaban J connectivity index is 1.63. The second-order valence-electron chi connectivity index (χ2n) is 6.82. The standard InChI is InChI=1S/C19H21N5O2/c1-12-17-21-16(18(25)22(2)3)11-23(17)8-9-24(12)19(26)15-10-13-6-4-5-7-14(13)20-15/h4-7,10-12,20H,8-9H2,1-3H3/t12-/m0/s1. The molecule has 0 radical (unpaired) electrons. The summed E-state index contributed by atoms with van der Waals surface area (Å²) in [5.41, 5.74) is 1.93. The van der Waals surface area contributed by atoms with E-state index in [2.05, 4.69) is 9.97 Å². The number of aromatic amines is 1. The fourth-order valence-electron chi connectivity index (χ4n) is 3.44. The SMILES string of the molecule is C[C@H]1c2nc(C(=O)N(C)C)cn2CCN1C(=O)c1cc2ccccc2[nH]1. The molecule has 0 saturated heterocycles. The number of nitrogens with zero attached hydrogens (tertiary/aromatic N) is 4. The Morgan fingerprint density at radius 2 is 2.00 bits per heavy atom. The van der Waals surface area contributed by atoms with Gasteiger partial charge in [0.2, 0.25) is 0 Å². The van der Waals surface area contributed by atoms with E-state index in [9.17, 15) is 9.59 Å². The second-order valence-corrected chi connectivity index (χ2v) is 6.82. The smallest absolute Gasteiger partial charge is 0.273 e. The highest BCUT2D eigenvalue weighted by atomic mass is 16.2. The van der Waals surface area contributed by atoms with Crippen molar-refractivity contribution in [1.82, 2.24) is 24.3 Å². The van der Waals surface area contributed by atoms with Crippen LogP contribution in [0.2, 0.25) is 0 Å². The predicted molar refractivity (Wildman–Crippen MR) is 98.0 cm³/mol. The lowest BCUT2D eigenvalue weighted by atomic mass is 10.2. The van der Waals surface area contributed by atoms with Gasteiger partial charge in [0.05, 0.1) is 6.04 Å². The number of hydrogen-bond donors (Lipinski definition) is 1. The van der Waals surface area contributed by atoms with E-state index in [-0.39, 0.29) is 17.9 Å². The molecule has 1 aromatic carbocycles. The molecule has 134 valence electrons. The lowest BCUT2D eigenvalue weighted by molar-refractivity contribution is 0.0632. The number of aromatic nitrogens is 3. The first-order chi connectivity index (χ1) is 12.5. The van der Waals surface area contributed by atoms with Gasteiger partial charge in [-0.15, -0.1) is 0 Å². The summed E-state index contributed by atoms with van der Waals surface area (Å²) in [7, 11) is 3.41. The number of carbonyl (C=O) groups excluding carboxylic acids is 2. The molecule has 1 N–H and O–H groups in total. The summed E-state index contributed by atoms with van der Waals surface area (Å²) in [6.07, 6.45) is 1.78. The van der Waals surface area contributed by atoms with Crippen LogP contribution in [0.3, 0.4) is 0 Å². The number of hydrogen-bond acceptors (Lipinski definition) is 3. The van der Waals surface area contributed by atoms with Crippen molar-refractivity contribution in [2.24, 2.45) is 0 Å². The first kappa shape index (κ1) is 16.4. The van der Waals surface area contributed by atoms with Crippen LogP contribution in [0.4, 0.5) is 0 Å². The molecule has 0 spiro atoms. The Morgan fingerprint density at radius 1 is 1.23 bits per heavy atom. The van der Waals surface area contributed by atoms with E-state index in [0.29, 0.717) is 24.5 Å². The van der Waals surface area contributed by atoms with Gasteiger partial charge in [-0.3, -0.25) is 9.59 Å². The molecule has 0 fully saturated rings. The maximum absolute atomic E-state index is 13.0. The molecule has 1 aliphatic heterocycles. The summed E-state index contributed by atoms with van der Waals surface area (Å²) < 4.78 is 1.97. The zero-order chi connectivity index (χ0) is 18.4. The number of amides is 2. The molecule has 7 heteroatoms. The van der Waals surface area contributed by atoms with Gasteiger partial charge in [0.25, 0.3) is 11.8 Å². The minimum atomic E-state index is -0.202. The van der Waals surface area contributed by atoms with Crippen molar-refractivity contribution in [1.29, 1.82) is 0 Å². The Hall–Kier alpha value is -3.09. The van der Waals surface area contributed by atoms with Crippen LogP contribution < -0.4 is 0 Å². The quantitative estimate of drug-likeness (QED) is 0.770. The number of benzene rings is 1. The molecule has 2 amide bonds. The molecular formula is C19H21N5O2. The number of carbonyl (C=O) groups is 2. The van der Waals surface area contributed by atoms with Crippen LogP contribution in [0.15, 0.2) is 36.5 Å². The molecule has 0 bridgehead atoms. The lowest BCUT2D eigenvalue weighted by Gasteiger charge is -2.33. The minimum absolute atomic E-state index is 0.0524. The lowest BCUT2D eigenvalue weighted by Crippen LogP contribution is -2.41. The number of nitrogens with one attached hydrogen (secondary N) is 1. The summed E-state index contributed by atoms with van der Waals surface area (Å²) in [5, 5.41) is 1.01. The van der Waals surface area contributed by atoms with Crippen molar-refractivity contribution in [3.63, 3.8) is 0 Å². The summed E-state index contributed by atoms with van der Waals surface area (Å²) >= 11 is 0. The van der Waals surface area contributed by atoms with Gasteiger partial charge in [-0.2, -0.15) is 0 Å². The van der Waals surface area contributed by atoms with Gasteiger partial charge in [0.15, 0.2) is 0 Å². The van der Waals surface area contributed by atoms with E-state index in [0.717, 1.165) is 16.7 Å². The summed E-state index contributed by atoms with van der Waals surface area (Å²) in [6.45, 7) is 3.15. The molecule has 1 aliphatic rings. The van der Waals surface area contributed by atoms with E-state index in [4.69, 9.17) is 0 Å². The van der Waals surface area contributed by atoms with Crippen LogP contribution in [0, 0.1) is 0 Å². The van der Waals surface area contributed by atoms with Gasteiger partial charge in [0, 0.05) is 44.3 Å². The van der Waals surface area contributed by atoms with Crippen molar-refractivity contribution in [3.8, 4) is 0 Å². The topological polar surface area (TPSA) is 74.2 Å². The molecule has 1 atom stereocenters. The third-order valence-electron chi connectivity index (χ3n) is 4.88. The van der Waals surface area contributed by atoms with Gasteiger partial charge in [0.1, 0.15) is 17.2 Å². The van der Waals surface area contributed by atoms with Gasteiger partial charge in [-0.25, -0.2) is 4.98 Å². The van der Waals surface area contributed by atoms with E-state index < -0.39 is 0 Å². The Bertz CT molecular complexity index is 967. The van der Waals surface area contributed by atoms with Crippen molar-refractivity contribution < 1.29 is 9.59 Å². The number of rotatable bonds is 2. The monoisotopic (exact) mass is 351 g/mol. The molecular weight excluding hydrogens is 330 g/mol. The molecule has 3 heterocycles. The first-order valence-electron chi connectivity index (χ1n) is 8.63. The average Bonchev–Trinajstić information content (AvgIpc) is 3.25. The molecule has 3 aromatic rings. The van der Waals surface area contributed by atoms with Crippen molar-refractivity contribution in [2.75, 3.05) is 20.6 Å². The number of para-hydroxylation sites is 1. The predicted octanol–water partition coefficient (Wildman–Crippen LogP) is 2.28. The van der Waals surface area contributed by atoms with Crippen LogP contribution in [0.5, 0.6) is 0 Å². The summed E-state index contributed by atoms with van der Waals surface area (Å²) in [6, 6.07) is 9.51. The number of imidazole rings is 1. The number of H-pyrrole nitrogens is 1. The Morgan fingerprint density at radius 3 is 2.73 bits per heavy atom. The molecule has 26 heavy (non-hydrogen) atoms. The molecule has 0 unspecified atom stereocenters. The van der Waals surface area contributed by atoms with Gasteiger partial charge in [-0.1, -0.05) is 18.2 Å². The third-order valence-corrected chi connectivity index (χ3v) is 4.88. The Labute approximate surface area is 151 Å². The zero-order valence-corrected chi connectivity index (χ0v) is 15.1. The van der Waals surface area contributed by atoms with Crippen molar-refractivity contribution >= 4 is 22.7 Å². The molecule has 2 aromatic heterocycles. The minimum Gasteiger partial charge on any atom is -0.351 e. The van der Waals surface area contributed by atoms with Crippen molar-refractivity contribution in [3.05, 3.63) is 53.7 Å². The third kappa shape index (κ3) is 2.56. The van der Waals surface area contributed by atoms with Gasteiger partial charge < -0.3 is 19.4 Å². The van der Waals surface area contributed by atoms with Crippen LogP contribution >= 0.6 is 0 Å². The summed E-state index contributed by atoms with van der Waals surface area (Å²) in [5.74, 6) is 0.557. The van der Waals surface area contributed by atoms with Crippen molar-refractivity contribution in [2.45, 2.75) is 19.5 Å². The highest BCUT2D eigenvalue weighted by molar-refractivity contribution is 5.98. The molecule has 0 saturated carbocycles. The second kappa shape index (κ2) is 6.01. The fraction of sp³-hybridized carbons (Fsp3) is 0.316. The number of fused-ring (bicyclic) bond motifs is 2. The normalized spacial score (nSPS) is 16.6. The highest BCUT2D eigenvalue weighted by Gasteiger charge is 2.32. The largest absolute Gasteiger partial charge is 0.351 e. The average molecular weight is 351 g/mol. The van der Waals surface area contributed by atoms with E-state index in [1.165, 1.54) is 4.90 Å². The van der Waals surface area contributed by atoms with Crippen LogP contribution in [-0.4, -0.2) is 56.8 Å². The van der Waals surface area contributed by atoms with E-state index in [1.54, 1.807) is 25.2 Å². The maximum atomic E-state index is 13.0. The maximum Gasteiger partial charge on any atom is 0.273 e. The molecule has 7 nitrogen and oxygen atoms in total. The van der Waals surface area contributed by atoms with E-state index in [1.807, 2.05) is 41.8 Å². The molecule has 0 aliphatic carbocycles. The van der Waals surface area contributed by atoms with Crippen LogP contribution in [0.25, 0.3) is 10.9 Å². The van der Waals surface area contributed by atoms with Crippen LogP contribution in [-0.2, 0) is 6.54 Å². The summed E-state index contributed by atoms with van der Waals surface area (Å²) in [4.78, 5) is 36.2. The zero-order valence-electron chi connectivity index (χ0n) is 15.1. The molecule has 4 rings (SSSR count). The highest BCUT2D eigenvalue weighted by Crippen LogP contribution is 2.27. The first-order valence-corrected chi connectivity index (χ1v) is 8.63. The van der Waals surface area contributed by atoms with Gasteiger partial charge >= 0.3 is 0 Å². The van der Waals surface area contributed by atoms with Crippen LogP contribution in [0.1, 0.15) is 39.8 Å². The Kier molecular flexibility index (Phi) is 3.79.